The lowest BCUT2D eigenvalue weighted by Crippen LogP contribution is -2.39. The van der Waals surface area contributed by atoms with Gasteiger partial charge in [-0.1, -0.05) is 54.4 Å². The van der Waals surface area contributed by atoms with Gasteiger partial charge in [-0.25, -0.2) is 0 Å². The van der Waals surface area contributed by atoms with Gasteiger partial charge in [0, 0.05) is 0 Å². The lowest BCUT2D eigenvalue weighted by molar-refractivity contribution is 0.0157. The number of hydrogen-bond donors (Lipinski definition) is 0. The minimum absolute atomic E-state index is 0.625. The highest BCUT2D eigenvalue weighted by Crippen LogP contribution is 2.51. The molecule has 1 fully saturated rings. The van der Waals surface area contributed by atoms with Gasteiger partial charge in [-0.15, -0.1) is 0 Å². The molecule has 1 rings (SSSR count). The molecule has 1 saturated carbocycles. The first-order valence-electron chi connectivity index (χ1n) is 6.94. The van der Waals surface area contributed by atoms with Gasteiger partial charge in [0.15, 0.2) is 0 Å². The van der Waals surface area contributed by atoms with Gasteiger partial charge in [-0.2, -0.15) is 0 Å². The van der Waals surface area contributed by atoms with E-state index in [0.29, 0.717) is 5.41 Å². The van der Waals surface area contributed by atoms with E-state index in [2.05, 4.69) is 41.5 Å². The molecule has 0 radical (unpaired) electrons. The standard InChI is InChI=1S/C15H30/c1-7-13-9-14(11(3)4)12(5)10-15(13,6)8-2/h11-14H,7-10H2,1-6H3. The predicted octanol–water partition coefficient (Wildman–Crippen LogP) is 5.13. The molecule has 1 aliphatic rings. The molecule has 4 atom stereocenters. The van der Waals surface area contributed by atoms with Crippen molar-refractivity contribution < 1.29 is 0 Å². The molecule has 0 spiro atoms. The fourth-order valence-corrected chi connectivity index (χ4v) is 3.92. The van der Waals surface area contributed by atoms with E-state index in [-0.39, 0.29) is 0 Å². The fourth-order valence-electron chi connectivity index (χ4n) is 3.92. The van der Waals surface area contributed by atoms with Crippen LogP contribution >= 0.6 is 0 Å². The zero-order valence-corrected chi connectivity index (χ0v) is 11.6. The van der Waals surface area contributed by atoms with E-state index >= 15 is 0 Å². The molecule has 0 amide bonds. The van der Waals surface area contributed by atoms with Crippen LogP contribution < -0.4 is 0 Å². The van der Waals surface area contributed by atoms with Crippen molar-refractivity contribution in [3.05, 3.63) is 0 Å². The molecule has 0 aromatic carbocycles. The minimum atomic E-state index is 0.625. The summed E-state index contributed by atoms with van der Waals surface area (Å²) in [6.07, 6.45) is 5.66. The van der Waals surface area contributed by atoms with Crippen molar-refractivity contribution in [2.75, 3.05) is 0 Å². The Morgan fingerprint density at radius 3 is 2.27 bits per heavy atom. The van der Waals surface area contributed by atoms with Gasteiger partial charge in [0.1, 0.15) is 0 Å². The van der Waals surface area contributed by atoms with E-state index < -0.39 is 0 Å². The Kier molecular flexibility index (Phi) is 4.26. The lowest BCUT2D eigenvalue weighted by atomic mass is 9.57. The van der Waals surface area contributed by atoms with E-state index in [0.717, 1.165) is 23.7 Å². The quantitative estimate of drug-likeness (QED) is 0.605. The topological polar surface area (TPSA) is 0 Å². The average molecular weight is 210 g/mol. The summed E-state index contributed by atoms with van der Waals surface area (Å²) in [4.78, 5) is 0. The molecular formula is C15H30. The monoisotopic (exact) mass is 210 g/mol. The van der Waals surface area contributed by atoms with Crippen LogP contribution in [0.3, 0.4) is 0 Å². The molecule has 1 aliphatic carbocycles. The summed E-state index contributed by atoms with van der Waals surface area (Å²) in [5.74, 6) is 3.73. The molecule has 0 aliphatic heterocycles. The van der Waals surface area contributed by atoms with Gasteiger partial charge in [0.2, 0.25) is 0 Å². The van der Waals surface area contributed by atoms with E-state index in [9.17, 15) is 0 Å². The molecule has 90 valence electrons. The van der Waals surface area contributed by atoms with Crippen LogP contribution in [0.4, 0.5) is 0 Å². The molecule has 0 aromatic rings. The minimum Gasteiger partial charge on any atom is -0.0651 e. The molecular weight excluding hydrogens is 180 g/mol. The van der Waals surface area contributed by atoms with E-state index in [1.807, 2.05) is 0 Å². The Morgan fingerprint density at radius 1 is 1.27 bits per heavy atom. The Hall–Kier alpha value is 0. The maximum atomic E-state index is 2.52. The van der Waals surface area contributed by atoms with Crippen LogP contribution in [-0.2, 0) is 0 Å². The van der Waals surface area contributed by atoms with Crippen LogP contribution in [-0.4, -0.2) is 0 Å². The van der Waals surface area contributed by atoms with Crippen molar-refractivity contribution >= 4 is 0 Å². The Bertz CT molecular complexity index is 194. The van der Waals surface area contributed by atoms with E-state index in [1.165, 1.54) is 25.7 Å². The van der Waals surface area contributed by atoms with Crippen molar-refractivity contribution in [1.82, 2.24) is 0 Å². The van der Waals surface area contributed by atoms with Crippen molar-refractivity contribution in [1.29, 1.82) is 0 Å². The van der Waals surface area contributed by atoms with Crippen LogP contribution in [0, 0.1) is 29.1 Å². The molecule has 0 heterocycles. The van der Waals surface area contributed by atoms with Gasteiger partial charge < -0.3 is 0 Å². The molecule has 15 heavy (non-hydrogen) atoms. The van der Waals surface area contributed by atoms with Crippen molar-refractivity contribution in [2.24, 2.45) is 29.1 Å². The van der Waals surface area contributed by atoms with Crippen molar-refractivity contribution in [3.8, 4) is 0 Å². The van der Waals surface area contributed by atoms with Crippen LogP contribution in [0.1, 0.15) is 67.2 Å². The summed E-state index contributed by atoms with van der Waals surface area (Å²) < 4.78 is 0. The highest BCUT2D eigenvalue weighted by molar-refractivity contribution is 4.91. The Balaban J connectivity index is 2.78. The van der Waals surface area contributed by atoms with Gasteiger partial charge in [0.25, 0.3) is 0 Å². The second-order valence-electron chi connectivity index (χ2n) is 6.44. The molecule has 0 aromatic heterocycles. The first-order chi connectivity index (χ1) is 6.94. The zero-order chi connectivity index (χ0) is 11.6. The summed E-state index contributed by atoms with van der Waals surface area (Å²) >= 11 is 0. The maximum Gasteiger partial charge on any atom is -0.0298 e. The Morgan fingerprint density at radius 2 is 1.87 bits per heavy atom. The normalized spacial score (nSPS) is 42.2. The molecule has 0 bridgehead atoms. The van der Waals surface area contributed by atoms with Crippen molar-refractivity contribution in [2.45, 2.75) is 67.2 Å². The second kappa shape index (κ2) is 4.89. The third kappa shape index (κ3) is 2.57. The SMILES string of the molecule is CCC1CC(C(C)C)C(C)CC1(C)CC. The van der Waals surface area contributed by atoms with Crippen LogP contribution in [0.25, 0.3) is 0 Å². The highest BCUT2D eigenvalue weighted by atomic mass is 14.5. The molecule has 0 saturated heterocycles. The summed E-state index contributed by atoms with van der Waals surface area (Å²) in [6, 6.07) is 0. The smallest absolute Gasteiger partial charge is 0.0298 e. The average Bonchev–Trinajstić information content (AvgIpc) is 2.17. The van der Waals surface area contributed by atoms with Crippen LogP contribution in [0.15, 0.2) is 0 Å². The number of rotatable bonds is 3. The molecule has 4 unspecified atom stereocenters. The first-order valence-corrected chi connectivity index (χ1v) is 6.94. The van der Waals surface area contributed by atoms with Gasteiger partial charge in [-0.05, 0) is 41.9 Å². The van der Waals surface area contributed by atoms with Crippen LogP contribution in [0.2, 0.25) is 0 Å². The van der Waals surface area contributed by atoms with Gasteiger partial charge >= 0.3 is 0 Å². The maximum absolute atomic E-state index is 2.52. The van der Waals surface area contributed by atoms with Gasteiger partial charge in [0.05, 0.1) is 0 Å². The van der Waals surface area contributed by atoms with E-state index in [4.69, 9.17) is 0 Å². The third-order valence-electron chi connectivity index (χ3n) is 5.22. The first kappa shape index (κ1) is 13.1. The Labute approximate surface area is 96.8 Å². The highest BCUT2D eigenvalue weighted by Gasteiger charge is 2.41. The largest absolute Gasteiger partial charge is 0.0651 e. The van der Waals surface area contributed by atoms with Crippen LogP contribution in [0.5, 0.6) is 0 Å². The lowest BCUT2D eigenvalue weighted by Gasteiger charge is -2.48. The molecule has 0 N–H and O–H groups in total. The van der Waals surface area contributed by atoms with Gasteiger partial charge in [-0.3, -0.25) is 0 Å². The number of hydrogen-bond acceptors (Lipinski definition) is 0. The zero-order valence-electron chi connectivity index (χ0n) is 11.6. The molecule has 0 nitrogen and oxygen atoms in total. The summed E-state index contributed by atoms with van der Waals surface area (Å²) in [6.45, 7) is 14.6. The predicted molar refractivity (Wildman–Crippen MR) is 68.9 cm³/mol. The third-order valence-corrected chi connectivity index (χ3v) is 5.22. The van der Waals surface area contributed by atoms with E-state index in [1.54, 1.807) is 0 Å². The summed E-state index contributed by atoms with van der Waals surface area (Å²) in [7, 11) is 0. The van der Waals surface area contributed by atoms with Crippen molar-refractivity contribution in [3.63, 3.8) is 0 Å². The fraction of sp³-hybridized carbons (Fsp3) is 1.00. The molecule has 0 heteroatoms. The summed E-state index contributed by atoms with van der Waals surface area (Å²) in [5, 5.41) is 0. The second-order valence-corrected chi connectivity index (χ2v) is 6.44. The summed E-state index contributed by atoms with van der Waals surface area (Å²) in [5.41, 5.74) is 0.625.